The molecule has 4 nitrogen and oxygen atoms in total. The minimum atomic E-state index is -0.775. The molecule has 54 valence electrons. The maximum Gasteiger partial charge on any atom is 0.303 e. The fourth-order valence-corrected chi connectivity index (χ4v) is 1.03. The van der Waals surface area contributed by atoms with Crippen molar-refractivity contribution in [2.24, 2.45) is 5.92 Å². The third-order valence-electron chi connectivity index (χ3n) is 1.56. The summed E-state index contributed by atoms with van der Waals surface area (Å²) in [6.07, 6.45) is 2.14. The molecule has 1 heterocycles. The van der Waals surface area contributed by atoms with Gasteiger partial charge in [-0.2, -0.15) is 5.26 Å². The van der Waals surface area contributed by atoms with Gasteiger partial charge < -0.3 is 10.0 Å². The van der Waals surface area contributed by atoms with Crippen LogP contribution in [0.25, 0.3) is 0 Å². The summed E-state index contributed by atoms with van der Waals surface area (Å²) in [5, 5.41) is 16.6. The number of rotatable bonds is 2. The van der Waals surface area contributed by atoms with Crippen molar-refractivity contribution in [3.05, 3.63) is 0 Å². The summed E-state index contributed by atoms with van der Waals surface area (Å²) >= 11 is 0. The van der Waals surface area contributed by atoms with Crippen LogP contribution in [0.2, 0.25) is 0 Å². The summed E-state index contributed by atoms with van der Waals surface area (Å²) in [5.74, 6) is -0.584. The first-order valence-corrected chi connectivity index (χ1v) is 3.09. The van der Waals surface area contributed by atoms with Crippen LogP contribution < -0.4 is 0 Å². The van der Waals surface area contributed by atoms with Crippen LogP contribution in [-0.2, 0) is 4.79 Å². The molecule has 0 aromatic carbocycles. The van der Waals surface area contributed by atoms with E-state index in [2.05, 4.69) is 0 Å². The summed E-state index contributed by atoms with van der Waals surface area (Å²) in [5.41, 5.74) is 0. The molecule has 0 atom stereocenters. The molecule has 0 aromatic heterocycles. The molecule has 1 N–H and O–H groups in total. The summed E-state index contributed by atoms with van der Waals surface area (Å²) < 4.78 is 0. The maximum atomic E-state index is 10.1. The van der Waals surface area contributed by atoms with Gasteiger partial charge in [-0.25, -0.2) is 0 Å². The lowest BCUT2D eigenvalue weighted by Gasteiger charge is -2.33. The van der Waals surface area contributed by atoms with Gasteiger partial charge in [-0.15, -0.1) is 0 Å². The molecule has 1 aliphatic heterocycles. The first-order valence-electron chi connectivity index (χ1n) is 3.09. The van der Waals surface area contributed by atoms with Gasteiger partial charge >= 0.3 is 5.97 Å². The Hall–Kier alpha value is -1.24. The minimum absolute atomic E-state index is 0.192. The highest BCUT2D eigenvalue weighted by atomic mass is 16.4. The van der Waals surface area contributed by atoms with Crippen molar-refractivity contribution in [3.8, 4) is 6.19 Å². The van der Waals surface area contributed by atoms with E-state index in [0.29, 0.717) is 13.1 Å². The van der Waals surface area contributed by atoms with Crippen LogP contribution in [0, 0.1) is 17.4 Å². The summed E-state index contributed by atoms with van der Waals surface area (Å²) in [6, 6.07) is 0. The molecule has 0 bridgehead atoms. The average molecular weight is 140 g/mol. The van der Waals surface area contributed by atoms with E-state index in [1.807, 2.05) is 6.19 Å². The van der Waals surface area contributed by atoms with Crippen molar-refractivity contribution in [1.29, 1.82) is 5.26 Å². The SMILES string of the molecule is N#CN1CC(CC(=O)O)C1. The van der Waals surface area contributed by atoms with Crippen LogP contribution in [0.15, 0.2) is 0 Å². The number of carbonyl (C=O) groups is 1. The van der Waals surface area contributed by atoms with Gasteiger partial charge in [0.05, 0.1) is 6.42 Å². The molecule has 0 spiro atoms. The van der Waals surface area contributed by atoms with Gasteiger partial charge in [-0.3, -0.25) is 4.79 Å². The highest BCUT2D eigenvalue weighted by Gasteiger charge is 2.27. The Morgan fingerprint density at radius 1 is 1.80 bits per heavy atom. The van der Waals surface area contributed by atoms with E-state index in [1.54, 1.807) is 4.90 Å². The zero-order valence-corrected chi connectivity index (χ0v) is 5.45. The Kier molecular flexibility index (Phi) is 1.76. The first kappa shape index (κ1) is 6.87. The van der Waals surface area contributed by atoms with Gasteiger partial charge in [-0.05, 0) is 0 Å². The second kappa shape index (κ2) is 2.56. The molecule has 4 heteroatoms. The zero-order valence-electron chi connectivity index (χ0n) is 5.45. The van der Waals surface area contributed by atoms with Gasteiger partial charge in [0.15, 0.2) is 6.19 Å². The zero-order chi connectivity index (χ0) is 7.56. The largest absolute Gasteiger partial charge is 0.481 e. The number of carboxylic acid groups (broad SMARTS) is 1. The van der Waals surface area contributed by atoms with Gasteiger partial charge in [0.2, 0.25) is 0 Å². The summed E-state index contributed by atoms with van der Waals surface area (Å²) in [4.78, 5) is 11.6. The molecular formula is C6H8N2O2. The fraction of sp³-hybridized carbons (Fsp3) is 0.667. The van der Waals surface area contributed by atoms with E-state index >= 15 is 0 Å². The number of carboxylic acids is 1. The predicted octanol–water partition coefficient (Wildman–Crippen LogP) is -0.126. The maximum absolute atomic E-state index is 10.1. The van der Waals surface area contributed by atoms with Crippen LogP contribution >= 0.6 is 0 Å². The lowest BCUT2D eigenvalue weighted by Crippen LogP contribution is -2.44. The van der Waals surface area contributed by atoms with Crippen molar-refractivity contribution < 1.29 is 9.90 Å². The van der Waals surface area contributed by atoms with Crippen molar-refractivity contribution in [1.82, 2.24) is 4.90 Å². The van der Waals surface area contributed by atoms with E-state index in [0.717, 1.165) is 0 Å². The molecule has 0 radical (unpaired) electrons. The second-order valence-corrected chi connectivity index (χ2v) is 2.47. The highest BCUT2D eigenvalue weighted by Crippen LogP contribution is 2.16. The highest BCUT2D eigenvalue weighted by molar-refractivity contribution is 5.67. The van der Waals surface area contributed by atoms with Gasteiger partial charge in [0.1, 0.15) is 0 Å². The molecule has 1 aliphatic rings. The smallest absolute Gasteiger partial charge is 0.303 e. The Bertz CT molecular complexity index is 179. The van der Waals surface area contributed by atoms with Crippen LogP contribution in [0.3, 0.4) is 0 Å². The first-order chi connectivity index (χ1) is 4.72. The quantitative estimate of drug-likeness (QED) is 0.543. The topological polar surface area (TPSA) is 64.3 Å². The molecule has 0 aliphatic carbocycles. The molecule has 0 unspecified atom stereocenters. The third-order valence-corrected chi connectivity index (χ3v) is 1.56. The van der Waals surface area contributed by atoms with Crippen LogP contribution in [-0.4, -0.2) is 29.1 Å². The molecular weight excluding hydrogens is 132 g/mol. The van der Waals surface area contributed by atoms with Crippen LogP contribution in [0.5, 0.6) is 0 Å². The van der Waals surface area contributed by atoms with Crippen molar-refractivity contribution in [2.75, 3.05) is 13.1 Å². The molecule has 0 saturated carbocycles. The number of likely N-dealkylation sites (tertiary alicyclic amines) is 1. The molecule has 1 saturated heterocycles. The Balaban J connectivity index is 2.16. The normalized spacial score (nSPS) is 17.7. The number of nitriles is 1. The Morgan fingerprint density at radius 3 is 2.80 bits per heavy atom. The third kappa shape index (κ3) is 1.38. The van der Waals surface area contributed by atoms with Crippen molar-refractivity contribution in [2.45, 2.75) is 6.42 Å². The van der Waals surface area contributed by atoms with Crippen LogP contribution in [0.4, 0.5) is 0 Å². The van der Waals surface area contributed by atoms with Gasteiger partial charge in [0.25, 0.3) is 0 Å². The van der Waals surface area contributed by atoms with Gasteiger partial charge in [0, 0.05) is 19.0 Å². The number of aliphatic carboxylic acids is 1. The monoisotopic (exact) mass is 140 g/mol. The molecule has 0 amide bonds. The number of hydrogen-bond donors (Lipinski definition) is 1. The van der Waals surface area contributed by atoms with Gasteiger partial charge in [-0.1, -0.05) is 0 Å². The molecule has 10 heavy (non-hydrogen) atoms. The van der Waals surface area contributed by atoms with Crippen molar-refractivity contribution in [3.63, 3.8) is 0 Å². The minimum Gasteiger partial charge on any atom is -0.481 e. The van der Waals surface area contributed by atoms with E-state index in [1.165, 1.54) is 0 Å². The van der Waals surface area contributed by atoms with E-state index in [9.17, 15) is 4.79 Å². The van der Waals surface area contributed by atoms with E-state index in [-0.39, 0.29) is 12.3 Å². The number of hydrogen-bond acceptors (Lipinski definition) is 3. The standard InChI is InChI=1S/C6H8N2O2/c7-4-8-2-5(3-8)1-6(9)10/h5H,1-3H2,(H,9,10). The molecule has 1 fully saturated rings. The van der Waals surface area contributed by atoms with Crippen molar-refractivity contribution >= 4 is 5.97 Å². The Labute approximate surface area is 58.7 Å². The number of nitrogens with zero attached hydrogens (tertiary/aromatic N) is 2. The molecule has 0 aromatic rings. The Morgan fingerprint density at radius 2 is 2.40 bits per heavy atom. The fourth-order valence-electron chi connectivity index (χ4n) is 1.03. The van der Waals surface area contributed by atoms with E-state index in [4.69, 9.17) is 10.4 Å². The van der Waals surface area contributed by atoms with Crippen LogP contribution in [0.1, 0.15) is 6.42 Å². The average Bonchev–Trinajstić information content (AvgIpc) is 1.76. The predicted molar refractivity (Wildman–Crippen MR) is 32.9 cm³/mol. The lowest BCUT2D eigenvalue weighted by atomic mass is 9.97. The summed E-state index contributed by atoms with van der Waals surface area (Å²) in [6.45, 7) is 1.23. The molecule has 1 rings (SSSR count). The lowest BCUT2D eigenvalue weighted by molar-refractivity contribution is -0.139. The second-order valence-electron chi connectivity index (χ2n) is 2.47. The summed E-state index contributed by atoms with van der Waals surface area (Å²) in [7, 11) is 0. The van der Waals surface area contributed by atoms with E-state index < -0.39 is 5.97 Å².